The fourth-order valence-corrected chi connectivity index (χ4v) is 7.16. The number of halogens is 4. The van der Waals surface area contributed by atoms with E-state index in [1.54, 1.807) is 24.3 Å². The van der Waals surface area contributed by atoms with Crippen molar-refractivity contribution in [3.63, 3.8) is 0 Å². The minimum absolute atomic E-state index is 0.0379. The van der Waals surface area contributed by atoms with E-state index in [2.05, 4.69) is 87.3 Å². The van der Waals surface area contributed by atoms with Crippen LogP contribution < -0.4 is 4.74 Å². The summed E-state index contributed by atoms with van der Waals surface area (Å²) in [5.41, 5.74) is 0.608. The van der Waals surface area contributed by atoms with E-state index >= 15 is 0 Å². The maximum atomic E-state index is 14.5. The van der Waals surface area contributed by atoms with Crippen molar-refractivity contribution in [2.45, 2.75) is 47.7 Å². The van der Waals surface area contributed by atoms with E-state index < -0.39 is 22.2 Å². The predicted molar refractivity (Wildman–Crippen MR) is 140 cm³/mol. The molecule has 0 radical (unpaired) electrons. The first-order chi connectivity index (χ1) is 14.8. The number of ether oxygens (including phenoxy) is 1. The van der Waals surface area contributed by atoms with Crippen LogP contribution in [0.1, 0.15) is 25.3 Å². The Balaban J connectivity index is 1.93. The number of alkyl halides is 3. The number of nitrogens with zero attached hydrogens (tertiary/aromatic N) is 1. The van der Waals surface area contributed by atoms with Crippen LogP contribution in [-0.2, 0) is 4.43 Å². The Morgan fingerprint density at radius 3 is 2.22 bits per heavy atom. The first-order valence-corrected chi connectivity index (χ1v) is 16.2. The number of rotatable bonds is 7. The quantitative estimate of drug-likeness (QED) is 0.223. The van der Waals surface area contributed by atoms with Gasteiger partial charge in [-0.3, -0.25) is 0 Å². The summed E-state index contributed by atoms with van der Waals surface area (Å²) in [4.78, 5) is 0. The lowest BCUT2D eigenvalue weighted by molar-refractivity contribution is 0.165. The molecule has 172 valence electrons. The molecular weight excluding hydrogens is 621 g/mol. The third-order valence-electron chi connectivity index (χ3n) is 5.91. The SMILES string of the molecule is CC1(C)[C@@H]([C@H](C#N)c2ccc(F)c(Oc3ccccc3)c2)[C@@H]1[C@@H](O[Si](C)(C)C)C(Br)(Br)Br. The number of para-hydroxylation sites is 1. The normalized spacial score (nSPS) is 22.0. The highest BCUT2D eigenvalue weighted by atomic mass is 80.0. The zero-order chi connectivity index (χ0) is 23.9. The van der Waals surface area contributed by atoms with E-state index in [4.69, 9.17) is 9.16 Å². The highest BCUT2D eigenvalue weighted by molar-refractivity contribution is 9.39. The largest absolute Gasteiger partial charge is 0.454 e. The Morgan fingerprint density at radius 2 is 1.69 bits per heavy atom. The molecule has 1 fully saturated rings. The van der Waals surface area contributed by atoms with E-state index in [-0.39, 0.29) is 29.1 Å². The lowest BCUT2D eigenvalue weighted by Gasteiger charge is -2.33. The Labute approximate surface area is 216 Å². The van der Waals surface area contributed by atoms with Gasteiger partial charge in [-0.05, 0) is 66.7 Å². The maximum absolute atomic E-state index is 14.5. The molecule has 1 aliphatic carbocycles. The average Bonchev–Trinajstić information content (AvgIpc) is 3.23. The molecule has 2 aromatic carbocycles. The minimum Gasteiger partial charge on any atom is -0.454 e. The van der Waals surface area contributed by atoms with Crippen molar-refractivity contribution in [2.75, 3.05) is 0 Å². The van der Waals surface area contributed by atoms with Crippen LogP contribution in [0, 0.1) is 34.4 Å². The molecule has 3 rings (SSSR count). The molecule has 0 bridgehead atoms. The molecule has 0 heterocycles. The van der Waals surface area contributed by atoms with Gasteiger partial charge in [-0.15, -0.1) is 0 Å². The molecule has 0 saturated heterocycles. The van der Waals surface area contributed by atoms with Crippen LogP contribution >= 0.6 is 47.8 Å². The molecule has 1 saturated carbocycles. The van der Waals surface area contributed by atoms with Crippen molar-refractivity contribution >= 4 is 56.1 Å². The number of hydrogen-bond acceptors (Lipinski definition) is 3. The van der Waals surface area contributed by atoms with Gasteiger partial charge in [0.1, 0.15) is 5.75 Å². The zero-order valence-electron chi connectivity index (χ0n) is 18.7. The van der Waals surface area contributed by atoms with E-state index in [9.17, 15) is 9.65 Å². The molecule has 1 aliphatic rings. The molecule has 0 aromatic heterocycles. The molecule has 32 heavy (non-hydrogen) atoms. The average molecular weight is 648 g/mol. The van der Waals surface area contributed by atoms with Crippen LogP contribution in [0.2, 0.25) is 19.6 Å². The molecule has 0 N–H and O–H groups in total. The van der Waals surface area contributed by atoms with Gasteiger partial charge in [0.15, 0.2) is 22.0 Å². The lowest BCUT2D eigenvalue weighted by atomic mass is 9.91. The zero-order valence-corrected chi connectivity index (χ0v) is 24.5. The van der Waals surface area contributed by atoms with E-state index in [1.807, 2.05) is 18.2 Å². The van der Waals surface area contributed by atoms with Crippen LogP contribution in [0.25, 0.3) is 0 Å². The second kappa shape index (κ2) is 9.50. The summed E-state index contributed by atoms with van der Waals surface area (Å²) in [6.45, 7) is 10.8. The van der Waals surface area contributed by atoms with Gasteiger partial charge in [0.05, 0.1) is 18.1 Å². The van der Waals surface area contributed by atoms with Gasteiger partial charge in [-0.1, -0.05) is 85.9 Å². The lowest BCUT2D eigenvalue weighted by Crippen LogP contribution is -2.41. The molecule has 3 nitrogen and oxygen atoms in total. The molecule has 0 aliphatic heterocycles. The molecule has 4 atom stereocenters. The fourth-order valence-electron chi connectivity index (χ4n) is 4.43. The van der Waals surface area contributed by atoms with Crippen molar-refractivity contribution < 1.29 is 13.6 Å². The van der Waals surface area contributed by atoms with Crippen LogP contribution in [0.4, 0.5) is 4.39 Å². The summed E-state index contributed by atoms with van der Waals surface area (Å²) >= 11 is 11.0. The first-order valence-electron chi connectivity index (χ1n) is 10.4. The molecule has 0 unspecified atom stereocenters. The smallest absolute Gasteiger partial charge is 0.184 e. The molecular formula is C24H27Br3FNO2Si. The Morgan fingerprint density at radius 1 is 1.06 bits per heavy atom. The highest BCUT2D eigenvalue weighted by Crippen LogP contribution is 2.69. The monoisotopic (exact) mass is 645 g/mol. The number of nitriles is 1. The van der Waals surface area contributed by atoms with Gasteiger partial charge < -0.3 is 9.16 Å². The summed E-state index contributed by atoms with van der Waals surface area (Å²) in [6, 6.07) is 16.3. The Bertz CT molecular complexity index is 999. The standard InChI is InChI=1S/C24H27Br3FNO2Si/c1-23(2)20(21(23)22(24(25,26)27)31-32(3,4)5)17(14-29)15-11-12-18(28)19(13-15)30-16-9-7-6-8-10-16/h6-13,17,20-22H,1-5H3/t17-,20+,21-,22-/m1/s1. The van der Waals surface area contributed by atoms with Gasteiger partial charge in [-0.25, -0.2) is 4.39 Å². The van der Waals surface area contributed by atoms with Gasteiger partial charge in [-0.2, -0.15) is 5.26 Å². The van der Waals surface area contributed by atoms with Gasteiger partial charge in [0, 0.05) is 0 Å². The predicted octanol–water partition coefficient (Wildman–Crippen LogP) is 8.56. The Hall–Kier alpha value is -0.723. The highest BCUT2D eigenvalue weighted by Gasteiger charge is 2.67. The maximum Gasteiger partial charge on any atom is 0.184 e. The minimum atomic E-state index is -1.87. The van der Waals surface area contributed by atoms with Gasteiger partial charge in [0.2, 0.25) is 0 Å². The summed E-state index contributed by atoms with van der Waals surface area (Å²) in [5, 5.41) is 10.2. The molecule has 0 amide bonds. The summed E-state index contributed by atoms with van der Waals surface area (Å²) < 4.78 is 26.2. The van der Waals surface area contributed by atoms with Crippen molar-refractivity contribution in [2.24, 2.45) is 17.3 Å². The van der Waals surface area contributed by atoms with Crippen molar-refractivity contribution in [1.29, 1.82) is 5.26 Å². The molecule has 8 heteroatoms. The van der Waals surface area contributed by atoms with Gasteiger partial charge in [0.25, 0.3) is 0 Å². The number of hydrogen-bond donors (Lipinski definition) is 0. The Kier molecular flexibility index (Phi) is 7.68. The van der Waals surface area contributed by atoms with Crippen molar-refractivity contribution in [3.05, 3.63) is 59.9 Å². The van der Waals surface area contributed by atoms with Crippen LogP contribution in [0.3, 0.4) is 0 Å². The fraction of sp³-hybridized carbons (Fsp3) is 0.458. The van der Waals surface area contributed by atoms with Crippen LogP contribution in [0.15, 0.2) is 48.5 Å². The topological polar surface area (TPSA) is 42.2 Å². The third kappa shape index (κ3) is 5.85. The van der Waals surface area contributed by atoms with Crippen molar-refractivity contribution in [1.82, 2.24) is 0 Å². The van der Waals surface area contributed by atoms with E-state index in [0.29, 0.717) is 5.75 Å². The van der Waals surface area contributed by atoms with Crippen LogP contribution in [-0.4, -0.2) is 16.6 Å². The van der Waals surface area contributed by atoms with Crippen LogP contribution in [0.5, 0.6) is 11.5 Å². The van der Waals surface area contributed by atoms with E-state index in [1.165, 1.54) is 6.07 Å². The molecule has 2 aromatic rings. The number of benzene rings is 2. The van der Waals surface area contributed by atoms with E-state index in [0.717, 1.165) is 5.56 Å². The summed E-state index contributed by atoms with van der Waals surface area (Å²) in [6.07, 6.45) is -0.189. The second-order valence-corrected chi connectivity index (χ2v) is 21.2. The third-order valence-corrected chi connectivity index (χ3v) is 8.22. The van der Waals surface area contributed by atoms with Crippen molar-refractivity contribution in [3.8, 4) is 17.6 Å². The first kappa shape index (κ1) is 25.9. The second-order valence-electron chi connectivity index (χ2n) is 9.78. The van der Waals surface area contributed by atoms with Gasteiger partial charge >= 0.3 is 0 Å². The summed E-state index contributed by atoms with van der Waals surface area (Å²) in [5.74, 6) is -0.0587. The molecule has 0 spiro atoms. The summed E-state index contributed by atoms with van der Waals surface area (Å²) in [7, 11) is -1.87.